The zero-order valence-corrected chi connectivity index (χ0v) is 16.8. The average molecular weight is 446 g/mol. The van der Waals surface area contributed by atoms with E-state index in [4.69, 9.17) is 11.6 Å². The van der Waals surface area contributed by atoms with Crippen molar-refractivity contribution in [3.63, 3.8) is 0 Å². The number of aryl methyl sites for hydroxylation is 1. The molecular weight excluding hydrogens is 431 g/mol. The summed E-state index contributed by atoms with van der Waals surface area (Å²) >= 11 is 5.81. The summed E-state index contributed by atoms with van der Waals surface area (Å²) in [6.45, 7) is 0. The molecule has 1 N–H and O–H groups in total. The minimum Gasteiger partial charge on any atom is -0.307 e. The van der Waals surface area contributed by atoms with Crippen molar-refractivity contribution in [3.05, 3.63) is 83.1 Å². The van der Waals surface area contributed by atoms with Gasteiger partial charge in [-0.3, -0.25) is 9.48 Å². The maximum absolute atomic E-state index is 13.8. The van der Waals surface area contributed by atoms with Gasteiger partial charge in [0.05, 0.1) is 23.1 Å². The molecule has 0 radical (unpaired) electrons. The minimum absolute atomic E-state index is 0.127. The van der Waals surface area contributed by atoms with Crippen molar-refractivity contribution >= 4 is 23.3 Å². The van der Waals surface area contributed by atoms with Crippen LogP contribution in [0.15, 0.2) is 66.9 Å². The van der Waals surface area contributed by atoms with Crippen LogP contribution in [0.1, 0.15) is 16.1 Å². The highest BCUT2D eigenvalue weighted by molar-refractivity contribution is 6.30. The van der Waals surface area contributed by atoms with Crippen LogP contribution in [0.25, 0.3) is 16.9 Å². The molecule has 1 amide bonds. The van der Waals surface area contributed by atoms with Crippen molar-refractivity contribution in [3.8, 4) is 16.9 Å². The van der Waals surface area contributed by atoms with Crippen molar-refractivity contribution in [1.82, 2.24) is 19.6 Å². The molecule has 0 saturated heterocycles. The maximum atomic E-state index is 13.8. The summed E-state index contributed by atoms with van der Waals surface area (Å²) < 4.78 is 43.5. The molecule has 2 aromatic heterocycles. The summed E-state index contributed by atoms with van der Waals surface area (Å²) in [7, 11) is 1.59. The van der Waals surface area contributed by atoms with E-state index >= 15 is 0 Å². The first kappa shape index (κ1) is 20.7. The second kappa shape index (κ2) is 7.92. The highest BCUT2D eigenvalue weighted by Crippen LogP contribution is 2.34. The van der Waals surface area contributed by atoms with Gasteiger partial charge in [0, 0.05) is 23.7 Å². The van der Waals surface area contributed by atoms with E-state index in [0.717, 1.165) is 11.8 Å². The van der Waals surface area contributed by atoms with Gasteiger partial charge in [-0.15, -0.1) is 0 Å². The Hall–Kier alpha value is -3.59. The van der Waals surface area contributed by atoms with Crippen molar-refractivity contribution in [1.29, 1.82) is 0 Å². The molecule has 4 aromatic rings. The summed E-state index contributed by atoms with van der Waals surface area (Å²) in [5.41, 5.74) is -0.276. The van der Waals surface area contributed by atoms with Crippen molar-refractivity contribution in [2.45, 2.75) is 6.18 Å². The lowest BCUT2D eigenvalue weighted by atomic mass is 10.1. The quantitative estimate of drug-likeness (QED) is 0.469. The second-order valence-corrected chi connectivity index (χ2v) is 7.09. The van der Waals surface area contributed by atoms with Crippen LogP contribution >= 0.6 is 11.6 Å². The molecule has 0 aliphatic carbocycles. The van der Waals surface area contributed by atoms with Crippen molar-refractivity contribution in [2.75, 3.05) is 5.32 Å². The van der Waals surface area contributed by atoms with E-state index in [1.165, 1.54) is 28.9 Å². The Balaban J connectivity index is 1.68. The average Bonchev–Trinajstić information content (AvgIpc) is 3.34. The Labute approximate surface area is 179 Å². The standard InChI is InChI=1S/C21H15ClF3N5O/c1-29-18(11-17(28-29)13-5-3-2-4-6-13)27-20(31)16-12-26-30(19(16)21(23,24)25)15-9-7-14(22)8-10-15/h2-12H,1H3,(H,27,31). The van der Waals surface area contributed by atoms with Crippen LogP contribution in [0.5, 0.6) is 0 Å². The van der Waals surface area contributed by atoms with Crippen LogP contribution in [-0.2, 0) is 13.2 Å². The highest BCUT2D eigenvalue weighted by atomic mass is 35.5. The number of rotatable bonds is 4. The summed E-state index contributed by atoms with van der Waals surface area (Å²) in [4.78, 5) is 12.8. The van der Waals surface area contributed by atoms with E-state index in [9.17, 15) is 18.0 Å². The number of nitrogens with zero attached hydrogens (tertiary/aromatic N) is 4. The van der Waals surface area contributed by atoms with Crippen LogP contribution < -0.4 is 5.32 Å². The third-order valence-electron chi connectivity index (χ3n) is 4.54. The van der Waals surface area contributed by atoms with Gasteiger partial charge in [0.2, 0.25) is 0 Å². The molecule has 31 heavy (non-hydrogen) atoms. The van der Waals surface area contributed by atoms with E-state index in [-0.39, 0.29) is 11.5 Å². The molecule has 0 unspecified atom stereocenters. The van der Waals surface area contributed by atoms with Gasteiger partial charge in [0.15, 0.2) is 5.69 Å². The van der Waals surface area contributed by atoms with Gasteiger partial charge in [-0.05, 0) is 24.3 Å². The first-order valence-electron chi connectivity index (χ1n) is 9.06. The summed E-state index contributed by atoms with van der Waals surface area (Å²) in [5, 5.41) is 11.0. The SMILES string of the molecule is Cn1nc(-c2ccccc2)cc1NC(=O)c1cnn(-c2ccc(Cl)cc2)c1C(F)(F)F. The number of halogens is 4. The van der Waals surface area contributed by atoms with Crippen molar-refractivity contribution in [2.24, 2.45) is 7.05 Å². The molecule has 0 aliphatic rings. The molecule has 0 bridgehead atoms. The molecule has 158 valence electrons. The lowest BCUT2D eigenvalue weighted by Crippen LogP contribution is -2.21. The molecule has 10 heteroatoms. The third-order valence-corrected chi connectivity index (χ3v) is 4.80. The number of alkyl halides is 3. The number of aromatic nitrogens is 4. The fraction of sp³-hybridized carbons (Fsp3) is 0.0952. The van der Waals surface area contributed by atoms with Gasteiger partial charge in [-0.1, -0.05) is 41.9 Å². The Bertz CT molecular complexity index is 1230. The number of benzene rings is 2. The molecule has 2 heterocycles. The normalized spacial score (nSPS) is 11.5. The van der Waals surface area contributed by atoms with Gasteiger partial charge in [-0.25, -0.2) is 4.68 Å². The molecule has 4 rings (SSSR count). The van der Waals surface area contributed by atoms with Gasteiger partial charge < -0.3 is 5.32 Å². The van der Waals surface area contributed by atoms with Crippen molar-refractivity contribution < 1.29 is 18.0 Å². The van der Waals surface area contributed by atoms with E-state index in [1.54, 1.807) is 13.1 Å². The first-order chi connectivity index (χ1) is 14.7. The lowest BCUT2D eigenvalue weighted by Gasteiger charge is -2.13. The topological polar surface area (TPSA) is 64.7 Å². The number of nitrogens with one attached hydrogen (secondary N) is 1. The fourth-order valence-electron chi connectivity index (χ4n) is 3.08. The largest absolute Gasteiger partial charge is 0.434 e. The van der Waals surface area contributed by atoms with E-state index in [1.807, 2.05) is 30.3 Å². The first-order valence-corrected chi connectivity index (χ1v) is 9.44. The number of hydrogen-bond donors (Lipinski definition) is 1. The zero-order valence-electron chi connectivity index (χ0n) is 16.1. The van der Waals surface area contributed by atoms with Gasteiger partial charge in [0.25, 0.3) is 5.91 Å². The molecule has 2 aromatic carbocycles. The maximum Gasteiger partial charge on any atom is 0.434 e. The molecule has 0 fully saturated rings. The fourth-order valence-corrected chi connectivity index (χ4v) is 3.21. The van der Waals surface area contributed by atoms with Crippen LogP contribution in [-0.4, -0.2) is 25.5 Å². The van der Waals surface area contributed by atoms with E-state index < -0.39 is 23.3 Å². The Morgan fingerprint density at radius 3 is 2.39 bits per heavy atom. The molecule has 0 atom stereocenters. The highest BCUT2D eigenvalue weighted by Gasteiger charge is 2.40. The minimum atomic E-state index is -4.82. The lowest BCUT2D eigenvalue weighted by molar-refractivity contribution is -0.143. The molecule has 0 spiro atoms. The Morgan fingerprint density at radius 1 is 1.06 bits per heavy atom. The number of amides is 1. The molecule has 6 nitrogen and oxygen atoms in total. The number of carbonyl (C=O) groups excluding carboxylic acids is 1. The summed E-state index contributed by atoms with van der Waals surface area (Å²) in [5.74, 6) is -0.702. The van der Waals surface area contributed by atoms with E-state index in [2.05, 4.69) is 15.5 Å². The molecule has 0 saturated carbocycles. The van der Waals surface area contributed by atoms with E-state index in [0.29, 0.717) is 15.4 Å². The smallest absolute Gasteiger partial charge is 0.307 e. The second-order valence-electron chi connectivity index (χ2n) is 6.65. The predicted molar refractivity (Wildman–Crippen MR) is 110 cm³/mol. The summed E-state index contributed by atoms with van der Waals surface area (Å²) in [6, 6.07) is 16.5. The molecule has 0 aliphatic heterocycles. The van der Waals surface area contributed by atoms with Crippen LogP contribution in [0.3, 0.4) is 0 Å². The number of hydrogen-bond acceptors (Lipinski definition) is 3. The van der Waals surface area contributed by atoms with Crippen LogP contribution in [0.4, 0.5) is 19.0 Å². The van der Waals surface area contributed by atoms with Crippen LogP contribution in [0.2, 0.25) is 5.02 Å². The monoisotopic (exact) mass is 445 g/mol. The Morgan fingerprint density at radius 2 is 1.74 bits per heavy atom. The molecular formula is C21H15ClF3N5O. The van der Waals surface area contributed by atoms with Gasteiger partial charge in [0.1, 0.15) is 5.82 Å². The number of carbonyl (C=O) groups is 1. The number of anilines is 1. The zero-order chi connectivity index (χ0) is 22.2. The van der Waals surface area contributed by atoms with Crippen LogP contribution in [0, 0.1) is 0 Å². The summed E-state index contributed by atoms with van der Waals surface area (Å²) in [6.07, 6.45) is -3.92. The van der Waals surface area contributed by atoms with Gasteiger partial charge >= 0.3 is 6.18 Å². The van der Waals surface area contributed by atoms with Gasteiger partial charge in [-0.2, -0.15) is 23.4 Å². The predicted octanol–water partition coefficient (Wildman–Crippen LogP) is 5.20. The third kappa shape index (κ3) is 4.17. The Kier molecular flexibility index (Phi) is 5.28.